The number of nitrogens with one attached hydrogen (secondary N) is 1. The number of sulfonamides is 1. The summed E-state index contributed by atoms with van der Waals surface area (Å²) in [7, 11) is -3.73. The number of carbonyl (C=O) groups excluding carboxylic acids is 1. The molecule has 24 heavy (non-hydrogen) atoms. The third-order valence-corrected chi connectivity index (χ3v) is 5.15. The molecule has 0 aromatic heterocycles. The lowest BCUT2D eigenvalue weighted by atomic mass is 10.2. The van der Waals surface area contributed by atoms with E-state index < -0.39 is 22.0 Å². The predicted molar refractivity (Wildman–Crippen MR) is 95.2 cm³/mol. The molecule has 7 heteroatoms. The second kappa shape index (κ2) is 8.23. The van der Waals surface area contributed by atoms with Crippen LogP contribution in [-0.2, 0) is 14.8 Å². The first-order valence-corrected chi connectivity index (χ1v) is 9.32. The van der Waals surface area contributed by atoms with Crippen molar-refractivity contribution < 1.29 is 17.9 Å². The van der Waals surface area contributed by atoms with E-state index >= 15 is 0 Å². The van der Waals surface area contributed by atoms with Crippen molar-refractivity contribution in [1.29, 1.82) is 0 Å². The number of carbonyl (C=O) groups is 1. The standard InChI is InChI=1S/C17H16BrNO4S/c1-2-15(12-23-17(20)13-6-4-3-5-7-13)19-24(21,22)16-10-8-14(18)9-11-16/h2-11,15,19H,1,12H2. The fraction of sp³-hybridized carbons (Fsp3) is 0.118. The van der Waals surface area contributed by atoms with Crippen LogP contribution in [0.4, 0.5) is 0 Å². The summed E-state index contributed by atoms with van der Waals surface area (Å²) < 4.78 is 33.0. The van der Waals surface area contributed by atoms with Crippen LogP contribution in [0.5, 0.6) is 0 Å². The Labute approximate surface area is 149 Å². The van der Waals surface area contributed by atoms with Gasteiger partial charge in [-0.1, -0.05) is 40.2 Å². The number of benzene rings is 2. The maximum atomic E-state index is 12.3. The van der Waals surface area contributed by atoms with E-state index in [4.69, 9.17) is 4.74 Å². The van der Waals surface area contributed by atoms with E-state index in [-0.39, 0.29) is 11.5 Å². The lowest BCUT2D eigenvalue weighted by Gasteiger charge is -2.15. The first-order chi connectivity index (χ1) is 11.4. The third-order valence-electron chi connectivity index (χ3n) is 3.12. The predicted octanol–water partition coefficient (Wildman–Crippen LogP) is 3.14. The first-order valence-electron chi connectivity index (χ1n) is 7.05. The van der Waals surface area contributed by atoms with Gasteiger partial charge >= 0.3 is 5.97 Å². The van der Waals surface area contributed by atoms with Gasteiger partial charge in [-0.15, -0.1) is 6.58 Å². The minimum absolute atomic E-state index is 0.118. The van der Waals surface area contributed by atoms with Gasteiger partial charge in [0.15, 0.2) is 0 Å². The molecule has 0 fully saturated rings. The molecule has 5 nitrogen and oxygen atoms in total. The Morgan fingerprint density at radius 1 is 1.17 bits per heavy atom. The average molecular weight is 410 g/mol. The van der Waals surface area contributed by atoms with E-state index in [1.807, 2.05) is 0 Å². The minimum Gasteiger partial charge on any atom is -0.460 e. The van der Waals surface area contributed by atoms with Crippen molar-refractivity contribution in [1.82, 2.24) is 4.72 Å². The van der Waals surface area contributed by atoms with E-state index in [1.54, 1.807) is 42.5 Å². The highest BCUT2D eigenvalue weighted by Crippen LogP contribution is 2.15. The molecule has 0 aliphatic carbocycles. The molecule has 1 N–H and O–H groups in total. The maximum absolute atomic E-state index is 12.3. The summed E-state index contributed by atoms with van der Waals surface area (Å²) in [5.74, 6) is -0.523. The molecule has 0 aliphatic heterocycles. The topological polar surface area (TPSA) is 72.5 Å². The lowest BCUT2D eigenvalue weighted by Crippen LogP contribution is -2.37. The molecule has 0 bridgehead atoms. The number of hydrogen-bond donors (Lipinski definition) is 1. The first kappa shape index (κ1) is 18.4. The van der Waals surface area contributed by atoms with Crippen LogP contribution in [0.25, 0.3) is 0 Å². The van der Waals surface area contributed by atoms with Gasteiger partial charge in [0.25, 0.3) is 0 Å². The largest absolute Gasteiger partial charge is 0.460 e. The van der Waals surface area contributed by atoms with Crippen molar-refractivity contribution in [3.63, 3.8) is 0 Å². The van der Waals surface area contributed by atoms with Crippen LogP contribution in [0.2, 0.25) is 0 Å². The van der Waals surface area contributed by atoms with Crippen LogP contribution < -0.4 is 4.72 Å². The van der Waals surface area contributed by atoms with Gasteiger partial charge in [0.1, 0.15) is 6.61 Å². The number of hydrogen-bond acceptors (Lipinski definition) is 4. The van der Waals surface area contributed by atoms with Crippen molar-refractivity contribution in [3.8, 4) is 0 Å². The van der Waals surface area contributed by atoms with Crippen LogP contribution in [-0.4, -0.2) is 27.0 Å². The zero-order valence-electron chi connectivity index (χ0n) is 12.7. The number of rotatable bonds is 7. The monoisotopic (exact) mass is 409 g/mol. The van der Waals surface area contributed by atoms with Crippen LogP contribution in [0, 0.1) is 0 Å². The minimum atomic E-state index is -3.73. The smallest absolute Gasteiger partial charge is 0.338 e. The highest BCUT2D eigenvalue weighted by atomic mass is 79.9. The molecule has 0 radical (unpaired) electrons. The van der Waals surface area contributed by atoms with Gasteiger partial charge in [-0.3, -0.25) is 0 Å². The van der Waals surface area contributed by atoms with Gasteiger partial charge in [-0.25, -0.2) is 17.9 Å². The second-order valence-electron chi connectivity index (χ2n) is 4.88. The highest BCUT2D eigenvalue weighted by molar-refractivity contribution is 9.10. The van der Waals surface area contributed by atoms with Crippen molar-refractivity contribution in [2.75, 3.05) is 6.61 Å². The van der Waals surface area contributed by atoms with E-state index in [9.17, 15) is 13.2 Å². The molecule has 1 unspecified atom stereocenters. The Morgan fingerprint density at radius 3 is 2.38 bits per heavy atom. The van der Waals surface area contributed by atoms with Crippen LogP contribution >= 0.6 is 15.9 Å². The Kier molecular flexibility index (Phi) is 6.30. The summed E-state index contributed by atoms with van der Waals surface area (Å²) in [5.41, 5.74) is 0.399. The summed E-state index contributed by atoms with van der Waals surface area (Å²) in [6.07, 6.45) is 1.38. The van der Waals surface area contributed by atoms with Gasteiger partial charge in [-0.2, -0.15) is 0 Å². The van der Waals surface area contributed by atoms with Crippen molar-refractivity contribution in [2.24, 2.45) is 0 Å². The summed E-state index contributed by atoms with van der Waals surface area (Å²) >= 11 is 3.25. The van der Waals surface area contributed by atoms with E-state index in [0.717, 1.165) is 4.47 Å². The van der Waals surface area contributed by atoms with E-state index in [2.05, 4.69) is 27.2 Å². The molecule has 1 atom stereocenters. The van der Waals surface area contributed by atoms with Crippen molar-refractivity contribution in [3.05, 3.63) is 77.3 Å². The lowest BCUT2D eigenvalue weighted by molar-refractivity contribution is 0.0491. The second-order valence-corrected chi connectivity index (χ2v) is 7.51. The number of halogens is 1. The molecule has 0 heterocycles. The molecule has 0 saturated heterocycles. The normalized spacial score (nSPS) is 12.4. The van der Waals surface area contributed by atoms with Crippen LogP contribution in [0.1, 0.15) is 10.4 Å². The van der Waals surface area contributed by atoms with Gasteiger partial charge in [0, 0.05) is 4.47 Å². The third kappa shape index (κ3) is 5.02. The molecule has 126 valence electrons. The maximum Gasteiger partial charge on any atom is 0.338 e. The van der Waals surface area contributed by atoms with Crippen LogP contribution in [0.15, 0.2) is 76.6 Å². The average Bonchev–Trinajstić information content (AvgIpc) is 2.59. The molecular weight excluding hydrogens is 394 g/mol. The molecule has 2 aromatic rings. The number of ether oxygens (including phenoxy) is 1. The Hall–Kier alpha value is -1.96. The summed E-state index contributed by atoms with van der Waals surface area (Å²) in [6, 6.07) is 14.0. The fourth-order valence-corrected chi connectivity index (χ4v) is 3.31. The van der Waals surface area contributed by atoms with Gasteiger partial charge in [-0.05, 0) is 36.4 Å². The highest BCUT2D eigenvalue weighted by Gasteiger charge is 2.19. The molecule has 0 saturated carbocycles. The zero-order valence-corrected chi connectivity index (χ0v) is 15.1. The summed E-state index contributed by atoms with van der Waals surface area (Å²) in [5, 5.41) is 0. The zero-order chi connectivity index (χ0) is 17.6. The van der Waals surface area contributed by atoms with Crippen molar-refractivity contribution >= 4 is 31.9 Å². The summed E-state index contributed by atoms with van der Waals surface area (Å²) in [6.45, 7) is 3.43. The molecule has 0 amide bonds. The molecule has 2 aromatic carbocycles. The Morgan fingerprint density at radius 2 is 1.79 bits per heavy atom. The van der Waals surface area contributed by atoms with Gasteiger partial charge in [0.2, 0.25) is 10.0 Å². The van der Waals surface area contributed by atoms with E-state index in [0.29, 0.717) is 5.56 Å². The SMILES string of the molecule is C=CC(COC(=O)c1ccccc1)NS(=O)(=O)c1ccc(Br)cc1. The fourth-order valence-electron chi connectivity index (χ4n) is 1.85. The van der Waals surface area contributed by atoms with Crippen molar-refractivity contribution in [2.45, 2.75) is 10.9 Å². The quantitative estimate of drug-likeness (QED) is 0.563. The van der Waals surface area contributed by atoms with Gasteiger partial charge < -0.3 is 4.74 Å². The number of esters is 1. The molecule has 0 spiro atoms. The van der Waals surface area contributed by atoms with Gasteiger partial charge in [0.05, 0.1) is 16.5 Å². The molecule has 0 aliphatic rings. The van der Waals surface area contributed by atoms with E-state index in [1.165, 1.54) is 18.2 Å². The van der Waals surface area contributed by atoms with Crippen LogP contribution in [0.3, 0.4) is 0 Å². The molecule has 2 rings (SSSR count). The summed E-state index contributed by atoms with van der Waals surface area (Å²) in [4.78, 5) is 12.0. The Balaban J connectivity index is 2.00. The Bertz CT molecular complexity index is 804. The molecular formula is C17H16BrNO4S.